The lowest BCUT2D eigenvalue weighted by Crippen LogP contribution is -2.37. The Bertz CT molecular complexity index is 712. The number of rotatable bonds is 8. The number of benzene rings is 2. The summed E-state index contributed by atoms with van der Waals surface area (Å²) in [4.78, 5) is 22.7. The zero-order valence-corrected chi connectivity index (χ0v) is 15.7. The summed E-state index contributed by atoms with van der Waals surface area (Å²) in [6, 6.07) is 17.7. The zero-order chi connectivity index (χ0) is 18.1. The van der Waals surface area contributed by atoms with E-state index in [2.05, 4.69) is 5.32 Å². The number of ether oxygens (including phenoxy) is 1. The van der Waals surface area contributed by atoms with Crippen LogP contribution in [-0.2, 0) is 15.9 Å². The van der Waals surface area contributed by atoms with Crippen molar-refractivity contribution in [2.45, 2.75) is 18.8 Å². The molecule has 0 radical (unpaired) electrons. The van der Waals surface area contributed by atoms with E-state index >= 15 is 0 Å². The average molecular weight is 379 g/mol. The van der Waals surface area contributed by atoms with Gasteiger partial charge in [0.25, 0.3) is 7.37 Å². The van der Waals surface area contributed by atoms with Gasteiger partial charge in [0.2, 0.25) is 0 Å². The summed E-state index contributed by atoms with van der Waals surface area (Å²) in [5, 5.41) is 2.90. The van der Waals surface area contributed by atoms with Crippen molar-refractivity contribution in [3.05, 3.63) is 66.2 Å². The second-order valence-corrected chi connectivity index (χ2v) is 8.83. The molecule has 2 rings (SSSR count). The molecule has 0 bridgehead atoms. The van der Waals surface area contributed by atoms with Gasteiger partial charge in [0.05, 0.1) is 0 Å². The monoisotopic (exact) mass is 379 g/mol. The molecule has 7 heteroatoms. The molecular formula is C18H22NO4PS. The van der Waals surface area contributed by atoms with E-state index in [1.54, 1.807) is 42.1 Å². The number of carbonyl (C=O) groups excluding carboxylic acids is 1. The van der Waals surface area contributed by atoms with Crippen molar-refractivity contribution < 1.29 is 19.0 Å². The van der Waals surface area contributed by atoms with E-state index in [0.29, 0.717) is 17.5 Å². The van der Waals surface area contributed by atoms with E-state index in [1.165, 1.54) is 0 Å². The van der Waals surface area contributed by atoms with Gasteiger partial charge in [-0.05, 0) is 36.1 Å². The molecule has 134 valence electrons. The summed E-state index contributed by atoms with van der Waals surface area (Å²) in [5.74, 6) is -0.230. The Morgan fingerprint density at radius 2 is 1.76 bits per heavy atom. The Kier molecular flexibility index (Phi) is 7.56. The lowest BCUT2D eigenvalue weighted by atomic mass is 10.2. The van der Waals surface area contributed by atoms with Crippen molar-refractivity contribution in [2.75, 3.05) is 12.0 Å². The maximum absolute atomic E-state index is 12.9. The summed E-state index contributed by atoms with van der Waals surface area (Å²) < 4.78 is 18.1. The molecule has 0 aromatic heterocycles. The number of alkyl carbamates (subject to hydrolysis) is 1. The Morgan fingerprint density at radius 1 is 1.16 bits per heavy atom. The predicted octanol–water partition coefficient (Wildman–Crippen LogP) is 3.59. The van der Waals surface area contributed by atoms with Crippen LogP contribution in [0.4, 0.5) is 4.79 Å². The van der Waals surface area contributed by atoms with Gasteiger partial charge in [-0.1, -0.05) is 48.5 Å². The number of nitrogens with one attached hydrogen (secondary N) is 1. The first-order valence-electron chi connectivity index (χ1n) is 7.88. The van der Waals surface area contributed by atoms with Gasteiger partial charge in [-0.3, -0.25) is 4.57 Å². The number of amides is 1. The molecule has 0 aliphatic rings. The quantitative estimate of drug-likeness (QED) is 0.686. The molecule has 0 aliphatic carbocycles. The van der Waals surface area contributed by atoms with Gasteiger partial charge in [0.1, 0.15) is 12.4 Å². The van der Waals surface area contributed by atoms with Crippen molar-refractivity contribution in [1.29, 1.82) is 0 Å². The molecule has 2 atom stereocenters. The summed E-state index contributed by atoms with van der Waals surface area (Å²) >= 11 is 1.55. The van der Waals surface area contributed by atoms with Crippen LogP contribution in [0.15, 0.2) is 60.7 Å². The molecule has 2 aromatic rings. The largest absolute Gasteiger partial charge is 0.445 e. The standard InChI is InChI=1S/C18H22NO4PS/c1-25-13-12-17(24(21,22)16-10-6-3-7-11-16)19-18(20)23-14-15-8-4-2-5-9-15/h2-11,17H,12-14H2,1H3,(H,19,20)(H,21,22)/t17-/m0/s1. The third-order valence-electron chi connectivity index (χ3n) is 3.64. The lowest BCUT2D eigenvalue weighted by Gasteiger charge is -2.24. The molecular weight excluding hydrogens is 357 g/mol. The fraction of sp³-hybridized carbons (Fsp3) is 0.278. The van der Waals surface area contributed by atoms with Gasteiger partial charge in [-0.25, -0.2) is 4.79 Å². The second-order valence-electron chi connectivity index (χ2n) is 5.46. The Labute approximate surface area is 152 Å². The van der Waals surface area contributed by atoms with Crippen molar-refractivity contribution in [2.24, 2.45) is 0 Å². The van der Waals surface area contributed by atoms with Crippen LogP contribution in [0.1, 0.15) is 12.0 Å². The van der Waals surface area contributed by atoms with Crippen LogP contribution in [0.3, 0.4) is 0 Å². The highest BCUT2D eigenvalue weighted by atomic mass is 32.2. The summed E-state index contributed by atoms with van der Waals surface area (Å²) in [6.45, 7) is 0.114. The predicted molar refractivity (Wildman–Crippen MR) is 102 cm³/mol. The highest BCUT2D eigenvalue weighted by Crippen LogP contribution is 2.45. The Balaban J connectivity index is 2.04. The molecule has 0 fully saturated rings. The van der Waals surface area contributed by atoms with Crippen LogP contribution in [0.2, 0.25) is 0 Å². The maximum Gasteiger partial charge on any atom is 0.408 e. The molecule has 1 unspecified atom stereocenters. The minimum atomic E-state index is -3.76. The molecule has 0 spiro atoms. The molecule has 1 amide bonds. The highest BCUT2D eigenvalue weighted by Gasteiger charge is 2.34. The molecule has 25 heavy (non-hydrogen) atoms. The van der Waals surface area contributed by atoms with E-state index < -0.39 is 19.2 Å². The van der Waals surface area contributed by atoms with Gasteiger partial charge in [0, 0.05) is 5.30 Å². The van der Waals surface area contributed by atoms with Crippen LogP contribution in [-0.4, -0.2) is 28.8 Å². The van der Waals surface area contributed by atoms with Crippen LogP contribution in [0.25, 0.3) is 0 Å². The number of hydrogen-bond acceptors (Lipinski definition) is 4. The van der Waals surface area contributed by atoms with Gasteiger partial charge < -0.3 is 14.9 Å². The van der Waals surface area contributed by atoms with Crippen LogP contribution < -0.4 is 10.6 Å². The molecule has 0 saturated carbocycles. The van der Waals surface area contributed by atoms with E-state index in [-0.39, 0.29) is 6.61 Å². The van der Waals surface area contributed by atoms with E-state index in [4.69, 9.17) is 4.74 Å². The van der Waals surface area contributed by atoms with Crippen LogP contribution >= 0.6 is 19.1 Å². The molecule has 2 N–H and O–H groups in total. The number of hydrogen-bond donors (Lipinski definition) is 2. The molecule has 0 aliphatic heterocycles. The van der Waals surface area contributed by atoms with Gasteiger partial charge in [-0.15, -0.1) is 0 Å². The maximum atomic E-state index is 12.9. The zero-order valence-electron chi connectivity index (χ0n) is 14.0. The third-order valence-corrected chi connectivity index (χ3v) is 6.56. The Hall–Kier alpha value is -1.75. The van der Waals surface area contributed by atoms with Crippen molar-refractivity contribution in [3.8, 4) is 0 Å². The van der Waals surface area contributed by atoms with E-state index in [1.807, 2.05) is 36.6 Å². The smallest absolute Gasteiger partial charge is 0.408 e. The fourth-order valence-corrected chi connectivity index (χ4v) is 4.65. The normalized spacial score (nSPS) is 14.3. The highest BCUT2D eigenvalue weighted by molar-refractivity contribution is 7.98. The van der Waals surface area contributed by atoms with Gasteiger partial charge >= 0.3 is 6.09 Å². The molecule has 2 aromatic carbocycles. The average Bonchev–Trinajstić information content (AvgIpc) is 2.65. The van der Waals surface area contributed by atoms with Crippen molar-refractivity contribution >= 4 is 30.5 Å². The minimum absolute atomic E-state index is 0.114. The molecule has 0 heterocycles. The van der Waals surface area contributed by atoms with Crippen molar-refractivity contribution in [3.63, 3.8) is 0 Å². The first-order chi connectivity index (χ1) is 12.0. The minimum Gasteiger partial charge on any atom is -0.445 e. The number of thioether (sulfide) groups is 1. The van der Waals surface area contributed by atoms with Gasteiger partial charge in [-0.2, -0.15) is 11.8 Å². The SMILES string of the molecule is CSCC[C@@H](NC(=O)OCc1ccccc1)P(=O)(O)c1ccccc1. The first-order valence-corrected chi connectivity index (χ1v) is 11.0. The Morgan fingerprint density at radius 3 is 2.36 bits per heavy atom. The summed E-state index contributed by atoms with van der Waals surface area (Å²) in [5.41, 5.74) is 0.855. The van der Waals surface area contributed by atoms with Gasteiger partial charge in [0.15, 0.2) is 0 Å². The van der Waals surface area contributed by atoms with E-state index in [9.17, 15) is 14.3 Å². The third kappa shape index (κ3) is 5.92. The van der Waals surface area contributed by atoms with Crippen LogP contribution in [0, 0.1) is 0 Å². The first kappa shape index (κ1) is 19.6. The number of carbonyl (C=O) groups is 1. The topological polar surface area (TPSA) is 75.6 Å². The summed E-state index contributed by atoms with van der Waals surface area (Å²) in [7, 11) is -3.76. The molecule has 5 nitrogen and oxygen atoms in total. The fourth-order valence-electron chi connectivity index (χ4n) is 2.29. The summed E-state index contributed by atoms with van der Waals surface area (Å²) in [6.07, 6.45) is 1.60. The second kappa shape index (κ2) is 9.66. The molecule has 0 saturated heterocycles. The van der Waals surface area contributed by atoms with E-state index in [0.717, 1.165) is 5.56 Å². The van der Waals surface area contributed by atoms with Crippen molar-refractivity contribution in [1.82, 2.24) is 5.32 Å². The van der Waals surface area contributed by atoms with Crippen LogP contribution in [0.5, 0.6) is 0 Å². The lowest BCUT2D eigenvalue weighted by molar-refractivity contribution is 0.138.